The Morgan fingerprint density at radius 1 is 1.32 bits per heavy atom. The minimum absolute atomic E-state index is 0.219. The first kappa shape index (κ1) is 17.9. The van der Waals surface area contributed by atoms with Gasteiger partial charge in [0.2, 0.25) is 0 Å². The van der Waals surface area contributed by atoms with Crippen molar-refractivity contribution < 1.29 is 34.4 Å². The molecule has 112 valence electrons. The molecule has 4 unspecified atom stereocenters. The Balaban J connectivity index is 4.15. The number of nitrogens with zero attached hydrogens (tertiary/aromatic N) is 1. The standard InChI is InChI=1S/C11H20FNO6/c1-6(2)9(16)5-19-13-3-7(12)10(17)11(18)8(15)4-14/h3,6-8,10-11,14-15,17-18H,4-5H2,1-2H3. The summed E-state index contributed by atoms with van der Waals surface area (Å²) >= 11 is 0. The summed E-state index contributed by atoms with van der Waals surface area (Å²) in [6.45, 7) is 2.20. The molecule has 4 N–H and O–H groups in total. The van der Waals surface area contributed by atoms with Crippen LogP contribution in [0.2, 0.25) is 0 Å². The quantitative estimate of drug-likeness (QED) is 0.306. The summed E-state index contributed by atoms with van der Waals surface area (Å²) in [6.07, 6.45) is -7.03. The number of halogens is 1. The number of hydrogen-bond acceptors (Lipinski definition) is 7. The molecule has 0 spiro atoms. The molecule has 0 aliphatic carbocycles. The van der Waals surface area contributed by atoms with Crippen LogP contribution in [0.4, 0.5) is 4.39 Å². The lowest BCUT2D eigenvalue weighted by Gasteiger charge is -2.22. The van der Waals surface area contributed by atoms with Crippen LogP contribution in [0.1, 0.15) is 13.8 Å². The number of ketones is 1. The minimum atomic E-state index is -2.11. The van der Waals surface area contributed by atoms with Gasteiger partial charge >= 0.3 is 0 Å². The van der Waals surface area contributed by atoms with Gasteiger partial charge in [0.05, 0.1) is 12.8 Å². The number of carbonyl (C=O) groups excluding carboxylic acids is 1. The van der Waals surface area contributed by atoms with Crippen LogP contribution in [-0.2, 0) is 9.63 Å². The van der Waals surface area contributed by atoms with Gasteiger partial charge in [-0.1, -0.05) is 19.0 Å². The topological polar surface area (TPSA) is 120 Å². The van der Waals surface area contributed by atoms with E-state index in [1.54, 1.807) is 13.8 Å². The highest BCUT2D eigenvalue weighted by Gasteiger charge is 2.30. The molecule has 0 aromatic heterocycles. The second-order valence-electron chi connectivity index (χ2n) is 4.32. The highest BCUT2D eigenvalue weighted by atomic mass is 19.1. The van der Waals surface area contributed by atoms with Crippen LogP contribution in [0.15, 0.2) is 5.16 Å². The third kappa shape index (κ3) is 6.58. The van der Waals surface area contributed by atoms with Gasteiger partial charge in [-0.3, -0.25) is 4.79 Å². The van der Waals surface area contributed by atoms with Crippen molar-refractivity contribution in [3.05, 3.63) is 0 Å². The first-order chi connectivity index (χ1) is 8.81. The summed E-state index contributed by atoms with van der Waals surface area (Å²) in [5.41, 5.74) is 0. The van der Waals surface area contributed by atoms with E-state index in [1.807, 2.05) is 0 Å². The number of aliphatic hydroxyl groups excluding tert-OH is 4. The van der Waals surface area contributed by atoms with Crippen LogP contribution < -0.4 is 0 Å². The van der Waals surface area contributed by atoms with Gasteiger partial charge in [0, 0.05) is 5.92 Å². The zero-order chi connectivity index (χ0) is 15.0. The SMILES string of the molecule is CC(C)C(=O)CON=CC(F)C(O)C(O)C(O)CO. The van der Waals surface area contributed by atoms with E-state index < -0.39 is 31.1 Å². The third-order valence-electron chi connectivity index (χ3n) is 2.39. The first-order valence-electron chi connectivity index (χ1n) is 5.78. The Kier molecular flexibility index (Phi) is 8.41. The van der Waals surface area contributed by atoms with Crippen LogP contribution in [0.3, 0.4) is 0 Å². The molecular weight excluding hydrogens is 261 g/mol. The molecule has 0 aromatic carbocycles. The molecule has 7 nitrogen and oxygen atoms in total. The van der Waals surface area contributed by atoms with Crippen molar-refractivity contribution in [2.45, 2.75) is 38.3 Å². The number of Topliss-reactive ketones (excluding diaryl/α,β-unsaturated/α-hetero) is 1. The van der Waals surface area contributed by atoms with Gasteiger partial charge in [-0.2, -0.15) is 0 Å². The summed E-state index contributed by atoms with van der Waals surface area (Å²) in [7, 11) is 0. The second kappa shape index (κ2) is 8.92. The van der Waals surface area contributed by atoms with Crippen molar-refractivity contribution in [3.8, 4) is 0 Å². The molecule has 0 saturated heterocycles. The van der Waals surface area contributed by atoms with Crippen molar-refractivity contribution in [1.29, 1.82) is 0 Å². The maximum atomic E-state index is 13.3. The van der Waals surface area contributed by atoms with E-state index in [0.717, 1.165) is 0 Å². The third-order valence-corrected chi connectivity index (χ3v) is 2.39. The molecule has 0 heterocycles. The highest BCUT2D eigenvalue weighted by molar-refractivity contribution is 5.81. The molecule has 0 amide bonds. The largest absolute Gasteiger partial charge is 0.394 e. The number of carbonyl (C=O) groups is 1. The monoisotopic (exact) mass is 281 g/mol. The van der Waals surface area contributed by atoms with Crippen LogP contribution in [-0.4, -0.2) is 70.1 Å². The molecular formula is C11H20FNO6. The number of aliphatic hydroxyl groups is 4. The first-order valence-corrected chi connectivity index (χ1v) is 5.78. The fourth-order valence-electron chi connectivity index (χ4n) is 0.981. The number of alkyl halides is 1. The van der Waals surface area contributed by atoms with Gasteiger partial charge in [0.15, 0.2) is 18.6 Å². The minimum Gasteiger partial charge on any atom is -0.394 e. The lowest BCUT2D eigenvalue weighted by Crippen LogP contribution is -2.44. The van der Waals surface area contributed by atoms with Crippen LogP contribution >= 0.6 is 0 Å². The summed E-state index contributed by atoms with van der Waals surface area (Å²) < 4.78 is 13.3. The zero-order valence-electron chi connectivity index (χ0n) is 10.8. The molecule has 0 aliphatic heterocycles. The van der Waals surface area contributed by atoms with Gasteiger partial charge in [0.25, 0.3) is 0 Å². The lowest BCUT2D eigenvalue weighted by atomic mass is 10.1. The Morgan fingerprint density at radius 2 is 1.89 bits per heavy atom. The van der Waals surface area contributed by atoms with Gasteiger partial charge in [-0.15, -0.1) is 0 Å². The summed E-state index contributed by atoms with van der Waals surface area (Å²) in [5, 5.41) is 39.2. The van der Waals surface area contributed by atoms with E-state index in [4.69, 9.17) is 10.2 Å². The van der Waals surface area contributed by atoms with Gasteiger partial charge in [0.1, 0.15) is 18.3 Å². The van der Waals surface area contributed by atoms with Crippen LogP contribution in [0.25, 0.3) is 0 Å². The summed E-state index contributed by atoms with van der Waals surface area (Å²) in [4.78, 5) is 15.6. The predicted octanol–water partition coefficient (Wildman–Crippen LogP) is -1.37. The van der Waals surface area contributed by atoms with Crippen LogP contribution in [0, 0.1) is 5.92 Å². The fourth-order valence-corrected chi connectivity index (χ4v) is 0.981. The average molecular weight is 281 g/mol. The van der Waals surface area contributed by atoms with E-state index in [1.165, 1.54) is 0 Å². The van der Waals surface area contributed by atoms with Crippen molar-refractivity contribution in [1.82, 2.24) is 0 Å². The van der Waals surface area contributed by atoms with Crippen LogP contribution in [0.5, 0.6) is 0 Å². The van der Waals surface area contributed by atoms with Crippen molar-refractivity contribution >= 4 is 12.0 Å². The molecule has 0 saturated carbocycles. The van der Waals surface area contributed by atoms with E-state index in [0.29, 0.717) is 6.21 Å². The van der Waals surface area contributed by atoms with Gasteiger partial charge in [-0.05, 0) is 0 Å². The molecule has 0 rings (SSSR count). The normalized spacial score (nSPS) is 18.3. The van der Waals surface area contributed by atoms with E-state index in [2.05, 4.69) is 9.99 Å². The lowest BCUT2D eigenvalue weighted by molar-refractivity contribution is -0.126. The van der Waals surface area contributed by atoms with Crippen molar-refractivity contribution in [2.24, 2.45) is 11.1 Å². The molecule has 0 aliphatic rings. The highest BCUT2D eigenvalue weighted by Crippen LogP contribution is 2.06. The van der Waals surface area contributed by atoms with Gasteiger partial charge < -0.3 is 25.3 Å². The Morgan fingerprint density at radius 3 is 2.37 bits per heavy atom. The van der Waals surface area contributed by atoms with Crippen molar-refractivity contribution in [3.63, 3.8) is 0 Å². The smallest absolute Gasteiger partial charge is 0.175 e. The molecule has 0 radical (unpaired) electrons. The molecule has 0 fully saturated rings. The van der Waals surface area contributed by atoms with E-state index in [-0.39, 0.29) is 18.3 Å². The summed E-state index contributed by atoms with van der Waals surface area (Å²) in [6, 6.07) is 0. The fraction of sp³-hybridized carbons (Fsp3) is 0.818. The van der Waals surface area contributed by atoms with E-state index >= 15 is 0 Å². The van der Waals surface area contributed by atoms with Crippen molar-refractivity contribution in [2.75, 3.05) is 13.2 Å². The molecule has 4 atom stereocenters. The Bertz CT molecular complexity index is 299. The molecule has 19 heavy (non-hydrogen) atoms. The average Bonchev–Trinajstić information content (AvgIpc) is 2.39. The molecule has 0 bridgehead atoms. The molecule has 8 heteroatoms. The maximum absolute atomic E-state index is 13.3. The number of oxime groups is 1. The van der Waals surface area contributed by atoms with E-state index in [9.17, 15) is 19.4 Å². The predicted molar refractivity (Wildman–Crippen MR) is 64.3 cm³/mol. The maximum Gasteiger partial charge on any atom is 0.175 e. The zero-order valence-corrected chi connectivity index (χ0v) is 10.8. The number of rotatable bonds is 9. The Labute approximate surface area is 110 Å². The molecule has 0 aromatic rings. The van der Waals surface area contributed by atoms with Gasteiger partial charge in [-0.25, -0.2) is 4.39 Å². The summed E-state index contributed by atoms with van der Waals surface area (Å²) in [5.74, 6) is -0.452. The Hall–Kier alpha value is -1.09. The number of hydrogen-bond donors (Lipinski definition) is 4. The second-order valence-corrected chi connectivity index (χ2v) is 4.32.